The molecule has 0 aliphatic carbocycles. The lowest BCUT2D eigenvalue weighted by Gasteiger charge is -2.41. The Morgan fingerprint density at radius 1 is 1.20 bits per heavy atom. The third kappa shape index (κ3) is 2.48. The molecule has 0 saturated carbocycles. The van der Waals surface area contributed by atoms with Crippen LogP contribution in [-0.4, -0.2) is 13.1 Å². The van der Waals surface area contributed by atoms with Gasteiger partial charge in [0.15, 0.2) is 0 Å². The molecule has 2 heteroatoms. The van der Waals surface area contributed by atoms with Gasteiger partial charge >= 0.3 is 0 Å². The first-order valence-electron chi connectivity index (χ1n) is 5.68. The molecule has 0 unspecified atom stereocenters. The van der Waals surface area contributed by atoms with Crippen molar-refractivity contribution in [2.24, 2.45) is 0 Å². The highest BCUT2D eigenvalue weighted by Crippen LogP contribution is 2.43. The molecule has 0 fully saturated rings. The smallest absolute Gasteiger partial charge is 0.0621 e. The molecule has 0 spiro atoms. The van der Waals surface area contributed by atoms with Gasteiger partial charge in [-0.3, -0.25) is 4.98 Å². The Bertz CT molecular complexity index is 311. The first-order chi connectivity index (χ1) is 6.77. The fourth-order valence-electron chi connectivity index (χ4n) is 1.65. The summed E-state index contributed by atoms with van der Waals surface area (Å²) in [6.07, 6.45) is 1.90. The van der Waals surface area contributed by atoms with Crippen LogP contribution in [0.2, 0.25) is 18.1 Å². The van der Waals surface area contributed by atoms with E-state index in [4.69, 9.17) is 0 Å². The Hall–Kier alpha value is -0.633. The minimum Gasteiger partial charge on any atom is -0.261 e. The third-order valence-electron chi connectivity index (χ3n) is 4.15. The van der Waals surface area contributed by atoms with Crippen LogP contribution in [0.25, 0.3) is 0 Å². The Kier molecular flexibility index (Phi) is 3.39. The maximum Gasteiger partial charge on any atom is 0.0621 e. The number of pyridine rings is 1. The predicted molar refractivity (Wildman–Crippen MR) is 69.8 cm³/mol. The van der Waals surface area contributed by atoms with Crippen molar-refractivity contribution in [2.45, 2.75) is 51.4 Å². The standard InChI is InChI=1S/C13H23NSi/c1-11(12-9-7-8-10-14-12)15(5,6)13(2,3)4/h7-11H,1-6H3/t11-/m0/s1. The van der Waals surface area contributed by atoms with Gasteiger partial charge in [0.2, 0.25) is 0 Å². The van der Waals surface area contributed by atoms with Crippen molar-refractivity contribution >= 4 is 8.07 Å². The van der Waals surface area contributed by atoms with Gasteiger partial charge in [-0.25, -0.2) is 0 Å². The Balaban J connectivity index is 3.00. The molecule has 0 amide bonds. The number of hydrogen-bond donors (Lipinski definition) is 0. The van der Waals surface area contributed by atoms with Crippen molar-refractivity contribution in [3.05, 3.63) is 30.1 Å². The van der Waals surface area contributed by atoms with Gasteiger partial charge in [-0.1, -0.05) is 46.9 Å². The monoisotopic (exact) mass is 221 g/mol. The zero-order valence-electron chi connectivity index (χ0n) is 10.8. The summed E-state index contributed by atoms with van der Waals surface area (Å²) in [7, 11) is -1.31. The van der Waals surface area contributed by atoms with E-state index in [1.54, 1.807) is 0 Å². The highest BCUT2D eigenvalue weighted by atomic mass is 28.3. The van der Waals surface area contributed by atoms with E-state index in [0.717, 1.165) is 0 Å². The van der Waals surface area contributed by atoms with E-state index in [1.165, 1.54) is 5.69 Å². The molecule has 0 aliphatic rings. The van der Waals surface area contributed by atoms with Crippen LogP contribution in [-0.2, 0) is 0 Å². The SMILES string of the molecule is C[C@@H](c1ccccn1)[Si](C)(C)C(C)(C)C. The van der Waals surface area contributed by atoms with E-state index in [-0.39, 0.29) is 0 Å². The van der Waals surface area contributed by atoms with Crippen LogP contribution in [0.1, 0.15) is 38.9 Å². The molecule has 1 atom stereocenters. The Morgan fingerprint density at radius 2 is 1.80 bits per heavy atom. The van der Waals surface area contributed by atoms with Crippen LogP contribution in [0, 0.1) is 0 Å². The molecule has 1 rings (SSSR count). The lowest BCUT2D eigenvalue weighted by Crippen LogP contribution is -2.43. The molecule has 0 radical (unpaired) electrons. The second-order valence-electron chi connectivity index (χ2n) is 5.95. The van der Waals surface area contributed by atoms with Gasteiger partial charge in [0.25, 0.3) is 0 Å². The average Bonchev–Trinajstić information content (AvgIpc) is 2.16. The van der Waals surface area contributed by atoms with Gasteiger partial charge < -0.3 is 0 Å². The zero-order valence-corrected chi connectivity index (χ0v) is 11.8. The van der Waals surface area contributed by atoms with E-state index in [9.17, 15) is 0 Å². The molecule has 0 N–H and O–H groups in total. The fourth-order valence-corrected chi connectivity index (χ4v) is 3.86. The van der Waals surface area contributed by atoms with Crippen LogP contribution >= 0.6 is 0 Å². The first kappa shape index (κ1) is 12.4. The maximum atomic E-state index is 4.49. The second-order valence-corrected chi connectivity index (χ2v) is 11.8. The van der Waals surface area contributed by atoms with Gasteiger partial charge in [-0.15, -0.1) is 0 Å². The summed E-state index contributed by atoms with van der Waals surface area (Å²) < 4.78 is 0. The molecular formula is C13H23NSi. The maximum absolute atomic E-state index is 4.49. The molecule has 0 aliphatic heterocycles. The van der Waals surface area contributed by atoms with Crippen LogP contribution in [0.4, 0.5) is 0 Å². The van der Waals surface area contributed by atoms with Crippen LogP contribution < -0.4 is 0 Å². The fraction of sp³-hybridized carbons (Fsp3) is 0.615. The first-order valence-corrected chi connectivity index (χ1v) is 8.75. The lowest BCUT2D eigenvalue weighted by molar-refractivity contribution is 0.691. The highest BCUT2D eigenvalue weighted by Gasteiger charge is 2.40. The summed E-state index contributed by atoms with van der Waals surface area (Å²) in [5.41, 5.74) is 1.86. The summed E-state index contributed by atoms with van der Waals surface area (Å²) in [5, 5.41) is 0.421. The Morgan fingerprint density at radius 3 is 2.20 bits per heavy atom. The molecule has 1 aromatic rings. The van der Waals surface area contributed by atoms with Gasteiger partial charge in [-0.2, -0.15) is 0 Å². The third-order valence-corrected chi connectivity index (χ3v) is 10.5. The molecule has 1 aromatic heterocycles. The number of nitrogens with zero attached hydrogens (tertiary/aromatic N) is 1. The van der Waals surface area contributed by atoms with Crippen molar-refractivity contribution in [3.63, 3.8) is 0 Å². The topological polar surface area (TPSA) is 12.9 Å². The van der Waals surface area contributed by atoms with Crippen molar-refractivity contribution in [1.82, 2.24) is 4.98 Å². The Labute approximate surface area is 95.0 Å². The number of rotatable bonds is 2. The van der Waals surface area contributed by atoms with Crippen LogP contribution in [0.15, 0.2) is 24.4 Å². The second kappa shape index (κ2) is 4.09. The van der Waals surface area contributed by atoms with Crippen molar-refractivity contribution in [1.29, 1.82) is 0 Å². The van der Waals surface area contributed by atoms with Gasteiger partial charge in [-0.05, 0) is 22.7 Å². The van der Waals surface area contributed by atoms with Crippen LogP contribution in [0.3, 0.4) is 0 Å². The van der Waals surface area contributed by atoms with Gasteiger partial charge in [0, 0.05) is 11.9 Å². The minimum absolute atomic E-state index is 0.421. The quantitative estimate of drug-likeness (QED) is 0.681. The van der Waals surface area contributed by atoms with Crippen molar-refractivity contribution in [2.75, 3.05) is 0 Å². The van der Waals surface area contributed by atoms with E-state index in [0.29, 0.717) is 10.6 Å². The molecule has 0 saturated heterocycles. The summed E-state index contributed by atoms with van der Waals surface area (Å²) in [5.74, 6) is 0. The summed E-state index contributed by atoms with van der Waals surface area (Å²) in [6, 6.07) is 6.24. The lowest BCUT2D eigenvalue weighted by atomic mass is 10.2. The van der Waals surface area contributed by atoms with E-state index >= 15 is 0 Å². The summed E-state index contributed by atoms with van der Waals surface area (Å²) in [4.78, 5) is 4.49. The minimum atomic E-state index is -1.31. The average molecular weight is 221 g/mol. The van der Waals surface area contributed by atoms with E-state index < -0.39 is 8.07 Å². The number of hydrogen-bond acceptors (Lipinski definition) is 1. The molecule has 15 heavy (non-hydrogen) atoms. The summed E-state index contributed by atoms with van der Waals surface area (Å²) >= 11 is 0. The zero-order chi connectivity index (χ0) is 11.7. The van der Waals surface area contributed by atoms with Gasteiger partial charge in [0.1, 0.15) is 0 Å². The number of aromatic nitrogens is 1. The molecular weight excluding hydrogens is 198 g/mol. The summed E-state index contributed by atoms with van der Waals surface area (Å²) in [6.45, 7) is 14.3. The van der Waals surface area contributed by atoms with Gasteiger partial charge in [0.05, 0.1) is 8.07 Å². The van der Waals surface area contributed by atoms with E-state index in [2.05, 4.69) is 57.9 Å². The van der Waals surface area contributed by atoms with Crippen molar-refractivity contribution in [3.8, 4) is 0 Å². The largest absolute Gasteiger partial charge is 0.261 e. The normalized spacial score (nSPS) is 15.1. The predicted octanol–water partition coefficient (Wildman–Crippen LogP) is 4.23. The van der Waals surface area contributed by atoms with E-state index in [1.807, 2.05) is 12.3 Å². The molecule has 0 bridgehead atoms. The highest BCUT2D eigenvalue weighted by molar-refractivity contribution is 6.81. The molecule has 0 aromatic carbocycles. The van der Waals surface area contributed by atoms with Crippen LogP contribution in [0.5, 0.6) is 0 Å². The molecule has 1 nitrogen and oxygen atoms in total. The molecule has 1 heterocycles. The van der Waals surface area contributed by atoms with Crippen molar-refractivity contribution < 1.29 is 0 Å². The molecule has 84 valence electrons.